The summed E-state index contributed by atoms with van der Waals surface area (Å²) in [5.41, 5.74) is 6.01. The molecule has 1 N–H and O–H groups in total. The second kappa shape index (κ2) is 10.2. The van der Waals surface area contributed by atoms with Crippen LogP contribution in [0.15, 0.2) is 91.3 Å². The maximum Gasteiger partial charge on any atom is 0.247 e. The number of benzene rings is 2. The summed E-state index contributed by atoms with van der Waals surface area (Å²) in [6.45, 7) is 4.08. The van der Waals surface area contributed by atoms with Crippen LogP contribution in [0.3, 0.4) is 0 Å². The maximum atomic E-state index is 5.92. The molecule has 6 rings (SSSR count). The molecule has 0 bridgehead atoms. The van der Waals surface area contributed by atoms with Gasteiger partial charge < -0.3 is 10.1 Å². The summed E-state index contributed by atoms with van der Waals surface area (Å²) in [6.07, 6.45) is 6.23. The van der Waals surface area contributed by atoms with E-state index in [-0.39, 0.29) is 0 Å². The van der Waals surface area contributed by atoms with Gasteiger partial charge in [0.15, 0.2) is 5.65 Å². The van der Waals surface area contributed by atoms with Gasteiger partial charge in [0, 0.05) is 30.2 Å². The number of hydrogen-bond donors (Lipinski definition) is 1. The number of nitrogens with one attached hydrogen (secondary N) is 1. The van der Waals surface area contributed by atoms with Crippen LogP contribution in [0.4, 0.5) is 11.6 Å². The fraction of sp³-hybridized carbons (Fsp3) is 0.207. The Kier molecular flexibility index (Phi) is 6.29. The molecule has 0 spiro atoms. The first-order valence-electron chi connectivity index (χ1n) is 12.4. The van der Waals surface area contributed by atoms with E-state index in [0.29, 0.717) is 12.6 Å². The Labute approximate surface area is 210 Å². The topological polar surface area (TPSA) is 67.6 Å². The Hall–Kier alpha value is -4.23. The van der Waals surface area contributed by atoms with Crippen LogP contribution in [-0.4, -0.2) is 50.7 Å². The van der Waals surface area contributed by atoms with Gasteiger partial charge in [-0.05, 0) is 91.7 Å². The van der Waals surface area contributed by atoms with Crippen LogP contribution in [0.25, 0.3) is 28.0 Å². The molecule has 7 heteroatoms. The lowest BCUT2D eigenvalue weighted by molar-refractivity contribution is 0.238. The molecule has 0 amide bonds. The van der Waals surface area contributed by atoms with E-state index >= 15 is 0 Å². The molecule has 0 radical (unpaired) electrons. The van der Waals surface area contributed by atoms with Crippen molar-refractivity contribution in [3.05, 3.63) is 91.3 Å². The molecule has 1 fully saturated rings. The second-order valence-corrected chi connectivity index (χ2v) is 8.98. The van der Waals surface area contributed by atoms with E-state index in [1.165, 1.54) is 25.9 Å². The Morgan fingerprint density at radius 2 is 1.58 bits per heavy atom. The quantitative estimate of drug-likeness (QED) is 0.311. The highest BCUT2D eigenvalue weighted by Crippen LogP contribution is 2.27. The minimum atomic E-state index is 0.551. The zero-order chi connectivity index (χ0) is 24.2. The van der Waals surface area contributed by atoms with Crippen molar-refractivity contribution in [3.8, 4) is 28.1 Å². The predicted octanol–water partition coefficient (Wildman–Crippen LogP) is 5.68. The van der Waals surface area contributed by atoms with Crippen LogP contribution in [-0.2, 0) is 0 Å². The van der Waals surface area contributed by atoms with Gasteiger partial charge in [-0.3, -0.25) is 9.88 Å². The van der Waals surface area contributed by atoms with Gasteiger partial charge in [0.2, 0.25) is 5.95 Å². The van der Waals surface area contributed by atoms with Crippen molar-refractivity contribution in [1.82, 2.24) is 24.5 Å². The standard InChI is InChI=1S/C29H28N6O/c1-2-18-34(17-1)19-20-36-26-11-9-25(10-12-26)31-29-32-28-8-4-7-27(35(28)33-29)24-6-3-5-23(21-24)22-13-15-30-16-14-22/h3-16,21H,1-2,17-20H2,(H,31,33). The summed E-state index contributed by atoms with van der Waals surface area (Å²) in [6, 6.07) is 26.5. The Bertz CT molecular complexity index is 1440. The summed E-state index contributed by atoms with van der Waals surface area (Å²) in [7, 11) is 0. The van der Waals surface area contributed by atoms with Gasteiger partial charge in [0.25, 0.3) is 0 Å². The van der Waals surface area contributed by atoms with Crippen molar-refractivity contribution < 1.29 is 4.74 Å². The van der Waals surface area contributed by atoms with Gasteiger partial charge >= 0.3 is 0 Å². The fourth-order valence-corrected chi connectivity index (χ4v) is 4.64. The summed E-state index contributed by atoms with van der Waals surface area (Å²) >= 11 is 0. The molecule has 2 aromatic carbocycles. The number of likely N-dealkylation sites (tertiary alicyclic amines) is 1. The van der Waals surface area contributed by atoms with E-state index in [2.05, 4.69) is 50.5 Å². The summed E-state index contributed by atoms with van der Waals surface area (Å²) in [5, 5.41) is 8.07. The lowest BCUT2D eigenvalue weighted by atomic mass is 10.0. The third kappa shape index (κ3) is 4.92. The van der Waals surface area contributed by atoms with Crippen molar-refractivity contribution in [2.24, 2.45) is 0 Å². The van der Waals surface area contributed by atoms with Crippen LogP contribution in [0.1, 0.15) is 12.8 Å². The summed E-state index contributed by atoms with van der Waals surface area (Å²) < 4.78 is 7.80. The van der Waals surface area contributed by atoms with Crippen LogP contribution < -0.4 is 10.1 Å². The average molecular weight is 477 g/mol. The molecule has 0 atom stereocenters. The van der Waals surface area contributed by atoms with Gasteiger partial charge in [0.1, 0.15) is 12.4 Å². The molecule has 0 saturated carbocycles. The van der Waals surface area contributed by atoms with Gasteiger partial charge in [-0.15, -0.1) is 5.10 Å². The van der Waals surface area contributed by atoms with Crippen LogP contribution in [0, 0.1) is 0 Å². The van der Waals surface area contributed by atoms with E-state index in [9.17, 15) is 0 Å². The molecule has 1 aliphatic heterocycles. The fourth-order valence-electron chi connectivity index (χ4n) is 4.64. The normalized spacial score (nSPS) is 13.8. The van der Waals surface area contributed by atoms with Crippen molar-refractivity contribution in [2.45, 2.75) is 12.8 Å². The molecule has 180 valence electrons. The molecule has 1 aliphatic rings. The summed E-state index contributed by atoms with van der Waals surface area (Å²) in [4.78, 5) is 11.3. The van der Waals surface area contributed by atoms with Crippen molar-refractivity contribution in [2.75, 3.05) is 31.6 Å². The molecule has 5 aromatic rings. The number of nitrogens with zero attached hydrogens (tertiary/aromatic N) is 5. The molecular formula is C29H28N6O. The largest absolute Gasteiger partial charge is 0.492 e. The molecule has 7 nitrogen and oxygen atoms in total. The minimum Gasteiger partial charge on any atom is -0.492 e. The van der Waals surface area contributed by atoms with Crippen molar-refractivity contribution in [1.29, 1.82) is 0 Å². The third-order valence-corrected chi connectivity index (χ3v) is 6.52. The van der Waals surface area contributed by atoms with Crippen molar-refractivity contribution >= 4 is 17.3 Å². The minimum absolute atomic E-state index is 0.551. The zero-order valence-electron chi connectivity index (χ0n) is 20.0. The van der Waals surface area contributed by atoms with Gasteiger partial charge in [-0.1, -0.05) is 24.3 Å². The molecular weight excluding hydrogens is 448 g/mol. The van der Waals surface area contributed by atoms with Crippen LogP contribution in [0.2, 0.25) is 0 Å². The molecule has 1 saturated heterocycles. The molecule has 36 heavy (non-hydrogen) atoms. The van der Waals surface area contributed by atoms with E-state index < -0.39 is 0 Å². The van der Waals surface area contributed by atoms with E-state index in [1.54, 1.807) is 0 Å². The Morgan fingerprint density at radius 3 is 2.42 bits per heavy atom. The smallest absolute Gasteiger partial charge is 0.247 e. The molecule has 3 aromatic heterocycles. The van der Waals surface area contributed by atoms with E-state index in [4.69, 9.17) is 9.84 Å². The highest BCUT2D eigenvalue weighted by Gasteiger charge is 2.12. The molecule has 0 aliphatic carbocycles. The van der Waals surface area contributed by atoms with E-state index in [0.717, 1.165) is 46.0 Å². The van der Waals surface area contributed by atoms with Crippen LogP contribution >= 0.6 is 0 Å². The number of anilines is 2. The van der Waals surface area contributed by atoms with Gasteiger partial charge in [0.05, 0.1) is 5.69 Å². The summed E-state index contributed by atoms with van der Waals surface area (Å²) in [5.74, 6) is 1.43. The van der Waals surface area contributed by atoms with Gasteiger partial charge in [-0.25, -0.2) is 4.52 Å². The first-order valence-corrected chi connectivity index (χ1v) is 12.4. The number of pyridine rings is 2. The second-order valence-electron chi connectivity index (χ2n) is 8.98. The maximum absolute atomic E-state index is 5.92. The predicted molar refractivity (Wildman–Crippen MR) is 143 cm³/mol. The number of hydrogen-bond acceptors (Lipinski definition) is 6. The Morgan fingerprint density at radius 1 is 0.806 bits per heavy atom. The van der Waals surface area contributed by atoms with E-state index in [1.807, 2.05) is 65.4 Å². The van der Waals surface area contributed by atoms with Crippen LogP contribution in [0.5, 0.6) is 5.75 Å². The molecule has 0 unspecified atom stereocenters. The van der Waals surface area contributed by atoms with Gasteiger partial charge in [-0.2, -0.15) is 4.98 Å². The van der Waals surface area contributed by atoms with Crippen molar-refractivity contribution in [3.63, 3.8) is 0 Å². The average Bonchev–Trinajstić information content (AvgIpc) is 3.60. The highest BCUT2D eigenvalue weighted by molar-refractivity contribution is 5.72. The number of ether oxygens (including phenoxy) is 1. The molecule has 4 heterocycles. The zero-order valence-corrected chi connectivity index (χ0v) is 20.0. The monoisotopic (exact) mass is 476 g/mol. The first kappa shape index (κ1) is 22.2. The number of fused-ring (bicyclic) bond motifs is 1. The SMILES string of the molecule is c1cc(-c2ccncc2)cc(-c2cccc3nc(Nc4ccc(OCCN5CCCC5)cc4)nn23)c1. The lowest BCUT2D eigenvalue weighted by Gasteiger charge is -2.15. The first-order chi connectivity index (χ1) is 17.8. The number of aromatic nitrogens is 4. The third-order valence-electron chi connectivity index (χ3n) is 6.52. The number of rotatable bonds is 8. The Balaban J connectivity index is 1.18. The highest BCUT2D eigenvalue weighted by atomic mass is 16.5. The lowest BCUT2D eigenvalue weighted by Crippen LogP contribution is -2.25.